The van der Waals surface area contributed by atoms with Gasteiger partial charge in [0.15, 0.2) is 0 Å². The summed E-state index contributed by atoms with van der Waals surface area (Å²) in [7, 11) is 0. The molecule has 6 heterocycles. The molecule has 0 amide bonds. The van der Waals surface area contributed by atoms with E-state index in [2.05, 4.69) is 148 Å². The van der Waals surface area contributed by atoms with Gasteiger partial charge < -0.3 is 9.13 Å². The molecule has 1 atom stereocenters. The Kier molecular flexibility index (Phi) is 7.52. The van der Waals surface area contributed by atoms with Crippen LogP contribution in [0.2, 0.25) is 0 Å². The summed E-state index contributed by atoms with van der Waals surface area (Å²) in [4.78, 5) is 19.3. The minimum Gasteiger partial charge on any atom is -0.308 e. The molecule has 4 aromatic carbocycles. The highest BCUT2D eigenvalue weighted by Crippen LogP contribution is 2.41. The highest BCUT2D eigenvalue weighted by molar-refractivity contribution is 6.08. The summed E-state index contributed by atoms with van der Waals surface area (Å²) in [6.07, 6.45) is 13.0. The SMILES string of the molecule is C1=CC(c2ccccc2-c2ccccn2)Cc2c1n(-c1cccc(-n3c4ccc(-c5ccccc5-c5ccccn5)cc4c4ncccc43)c1)c1cccnc21. The number of rotatable bonds is 6. The van der Waals surface area contributed by atoms with Crippen LogP contribution in [0.4, 0.5) is 0 Å². The quantitative estimate of drug-likeness (QED) is 0.172. The molecule has 0 N–H and O–H groups in total. The van der Waals surface area contributed by atoms with Crippen molar-refractivity contribution in [3.63, 3.8) is 0 Å². The van der Waals surface area contributed by atoms with Gasteiger partial charge in [0.25, 0.3) is 0 Å². The van der Waals surface area contributed by atoms with Gasteiger partial charge >= 0.3 is 0 Å². The lowest BCUT2D eigenvalue weighted by Crippen LogP contribution is -2.09. The Morgan fingerprint density at radius 1 is 0.464 bits per heavy atom. The van der Waals surface area contributed by atoms with E-state index in [1.807, 2.05) is 55.1 Å². The second kappa shape index (κ2) is 13.1. The molecule has 6 aromatic heterocycles. The van der Waals surface area contributed by atoms with E-state index in [-0.39, 0.29) is 5.92 Å². The van der Waals surface area contributed by atoms with E-state index in [1.165, 1.54) is 22.4 Å². The molecule has 0 saturated heterocycles. The van der Waals surface area contributed by atoms with Crippen molar-refractivity contribution < 1.29 is 0 Å². The lowest BCUT2D eigenvalue weighted by atomic mass is 9.84. The zero-order valence-corrected chi connectivity index (χ0v) is 30.4. The van der Waals surface area contributed by atoms with Crippen molar-refractivity contribution in [1.82, 2.24) is 29.1 Å². The Morgan fingerprint density at radius 3 is 1.88 bits per heavy atom. The number of benzene rings is 4. The number of hydrogen-bond acceptors (Lipinski definition) is 4. The smallest absolute Gasteiger partial charge is 0.0963 e. The van der Waals surface area contributed by atoms with E-state index < -0.39 is 0 Å². The summed E-state index contributed by atoms with van der Waals surface area (Å²) in [6.45, 7) is 0. The lowest BCUT2D eigenvalue weighted by Gasteiger charge is -2.21. The van der Waals surface area contributed by atoms with Crippen molar-refractivity contribution in [3.8, 4) is 45.0 Å². The molecule has 1 unspecified atom stereocenters. The molecule has 6 nitrogen and oxygen atoms in total. The van der Waals surface area contributed by atoms with Crippen LogP contribution in [0, 0.1) is 0 Å². The molecule has 0 spiro atoms. The Morgan fingerprint density at radius 2 is 1.11 bits per heavy atom. The van der Waals surface area contributed by atoms with E-state index in [9.17, 15) is 0 Å². The van der Waals surface area contributed by atoms with E-state index in [0.717, 1.165) is 78.8 Å². The molecule has 0 bridgehead atoms. The van der Waals surface area contributed by atoms with Crippen LogP contribution in [0.3, 0.4) is 0 Å². The van der Waals surface area contributed by atoms with Gasteiger partial charge in [0.05, 0.1) is 44.7 Å². The van der Waals surface area contributed by atoms with Gasteiger partial charge in [-0.25, -0.2) is 0 Å². The van der Waals surface area contributed by atoms with Gasteiger partial charge in [-0.3, -0.25) is 19.9 Å². The first-order chi connectivity index (χ1) is 27.8. The highest BCUT2D eigenvalue weighted by Gasteiger charge is 2.26. The zero-order valence-electron chi connectivity index (χ0n) is 30.4. The third kappa shape index (κ3) is 5.18. The second-order valence-electron chi connectivity index (χ2n) is 14.3. The van der Waals surface area contributed by atoms with Crippen LogP contribution in [-0.4, -0.2) is 29.1 Å². The van der Waals surface area contributed by atoms with Crippen molar-refractivity contribution in [1.29, 1.82) is 0 Å². The molecule has 56 heavy (non-hydrogen) atoms. The first-order valence-corrected chi connectivity index (χ1v) is 19.0. The van der Waals surface area contributed by atoms with E-state index >= 15 is 0 Å². The second-order valence-corrected chi connectivity index (χ2v) is 14.3. The zero-order chi connectivity index (χ0) is 37.0. The third-order valence-electron chi connectivity index (χ3n) is 11.1. The van der Waals surface area contributed by atoms with Gasteiger partial charge in [0, 0.05) is 64.2 Å². The molecule has 0 radical (unpaired) electrons. The standard InChI is InChI=1S/C50H34N6/c1-3-16-39(43-18-5-7-26-51-43)37(14-1)33-22-24-45-41(30-33)49-47(20-10-28-53-49)55(45)35-12-9-13-36(32-35)56-46-25-23-34(31-42(46)50-48(56)21-11-29-54-50)38-15-2-4-17-40(38)44-19-6-8-27-52-44/h1-30,32,34H,31H2. The van der Waals surface area contributed by atoms with Crippen LogP contribution in [0.1, 0.15) is 22.7 Å². The number of aromatic nitrogens is 6. The average molecular weight is 719 g/mol. The number of pyridine rings is 4. The predicted octanol–water partition coefficient (Wildman–Crippen LogP) is 11.7. The van der Waals surface area contributed by atoms with E-state index in [0.29, 0.717) is 0 Å². The first kappa shape index (κ1) is 32.0. The topological polar surface area (TPSA) is 61.4 Å². The normalized spacial score (nSPS) is 13.8. The van der Waals surface area contributed by atoms with Crippen LogP contribution in [-0.2, 0) is 6.42 Å². The molecule has 10 aromatic rings. The van der Waals surface area contributed by atoms with Crippen LogP contribution < -0.4 is 0 Å². The fourth-order valence-electron chi connectivity index (χ4n) is 8.67. The maximum atomic E-state index is 4.98. The molecule has 264 valence electrons. The van der Waals surface area contributed by atoms with Crippen LogP contribution in [0.25, 0.3) is 84.1 Å². The average Bonchev–Trinajstić information content (AvgIpc) is 3.79. The third-order valence-corrected chi connectivity index (χ3v) is 11.1. The summed E-state index contributed by atoms with van der Waals surface area (Å²) in [5, 5.41) is 1.10. The van der Waals surface area contributed by atoms with Gasteiger partial charge in [-0.2, -0.15) is 0 Å². The Balaban J connectivity index is 1.03. The molecule has 0 fully saturated rings. The number of allylic oxidation sites excluding steroid dienone is 1. The molecule has 1 aliphatic rings. The molecule has 11 rings (SSSR count). The van der Waals surface area contributed by atoms with Crippen molar-refractivity contribution in [2.75, 3.05) is 0 Å². The Bertz CT molecular complexity index is 3120. The van der Waals surface area contributed by atoms with Gasteiger partial charge in [-0.1, -0.05) is 78.9 Å². The lowest BCUT2D eigenvalue weighted by molar-refractivity contribution is 0.825. The summed E-state index contributed by atoms with van der Waals surface area (Å²) >= 11 is 0. The highest BCUT2D eigenvalue weighted by atomic mass is 15.0. The predicted molar refractivity (Wildman–Crippen MR) is 227 cm³/mol. The van der Waals surface area contributed by atoms with Gasteiger partial charge in [0.2, 0.25) is 0 Å². The van der Waals surface area contributed by atoms with Crippen molar-refractivity contribution in [3.05, 3.63) is 199 Å². The minimum atomic E-state index is 0.194. The van der Waals surface area contributed by atoms with Crippen molar-refractivity contribution in [2.24, 2.45) is 0 Å². The fraction of sp³-hybridized carbons (Fsp3) is 0.0400. The first-order valence-electron chi connectivity index (χ1n) is 19.0. The fourth-order valence-corrected chi connectivity index (χ4v) is 8.67. The number of fused-ring (bicyclic) bond motifs is 6. The Labute approximate surface area is 323 Å². The van der Waals surface area contributed by atoms with Crippen LogP contribution >= 0.6 is 0 Å². The maximum absolute atomic E-state index is 4.98. The summed E-state index contributed by atoms with van der Waals surface area (Å²) < 4.78 is 4.71. The molecular weight excluding hydrogens is 685 g/mol. The Hall–Kier alpha value is -7.44. The monoisotopic (exact) mass is 718 g/mol. The van der Waals surface area contributed by atoms with Crippen molar-refractivity contribution >= 4 is 39.0 Å². The van der Waals surface area contributed by atoms with Crippen molar-refractivity contribution in [2.45, 2.75) is 12.3 Å². The van der Waals surface area contributed by atoms with Gasteiger partial charge in [-0.05, 0) is 108 Å². The van der Waals surface area contributed by atoms with Crippen LogP contribution in [0.5, 0.6) is 0 Å². The largest absolute Gasteiger partial charge is 0.308 e. The van der Waals surface area contributed by atoms with Crippen LogP contribution in [0.15, 0.2) is 183 Å². The summed E-state index contributed by atoms with van der Waals surface area (Å²) in [5.74, 6) is 0.194. The summed E-state index contributed by atoms with van der Waals surface area (Å²) in [6, 6.07) is 53.3. The molecule has 6 heteroatoms. The maximum Gasteiger partial charge on any atom is 0.0963 e. The minimum absolute atomic E-state index is 0.194. The number of hydrogen-bond donors (Lipinski definition) is 0. The van der Waals surface area contributed by atoms with E-state index in [4.69, 9.17) is 15.0 Å². The number of nitrogens with zero attached hydrogens (tertiary/aromatic N) is 6. The van der Waals surface area contributed by atoms with E-state index in [1.54, 1.807) is 0 Å². The molecule has 0 aliphatic heterocycles. The molecule has 1 aliphatic carbocycles. The van der Waals surface area contributed by atoms with Gasteiger partial charge in [0.1, 0.15) is 0 Å². The summed E-state index contributed by atoms with van der Waals surface area (Å²) in [5.41, 5.74) is 17.6. The molecule has 0 saturated carbocycles. The molecular formula is C50H34N6. The van der Waals surface area contributed by atoms with Gasteiger partial charge in [-0.15, -0.1) is 0 Å².